The molecule has 118 valence electrons. The summed E-state index contributed by atoms with van der Waals surface area (Å²) in [7, 11) is 0. The summed E-state index contributed by atoms with van der Waals surface area (Å²) in [6.07, 6.45) is 4.69. The molecule has 0 radical (unpaired) electrons. The number of anilines is 1. The first-order chi connectivity index (χ1) is 11.2. The smallest absolute Gasteiger partial charge is 0.227 e. The second-order valence-corrected chi connectivity index (χ2v) is 6.53. The third kappa shape index (κ3) is 4.07. The van der Waals surface area contributed by atoms with E-state index in [1.54, 1.807) is 28.6 Å². The van der Waals surface area contributed by atoms with Gasteiger partial charge in [0.1, 0.15) is 0 Å². The van der Waals surface area contributed by atoms with Crippen molar-refractivity contribution >= 4 is 22.9 Å². The second-order valence-electron chi connectivity index (χ2n) is 5.50. The van der Waals surface area contributed by atoms with Crippen LogP contribution in [0, 0.1) is 6.92 Å². The summed E-state index contributed by atoms with van der Waals surface area (Å²) in [5.74, 6) is 0.111. The molecule has 0 unspecified atom stereocenters. The zero-order chi connectivity index (χ0) is 16.1. The van der Waals surface area contributed by atoms with E-state index < -0.39 is 0 Å². The van der Waals surface area contributed by atoms with Crippen LogP contribution in [-0.4, -0.2) is 16.1 Å². The van der Waals surface area contributed by atoms with E-state index >= 15 is 0 Å². The van der Waals surface area contributed by atoms with Crippen LogP contribution in [-0.2, 0) is 17.8 Å². The van der Waals surface area contributed by atoms with Crippen molar-refractivity contribution in [1.29, 1.82) is 0 Å². The molecule has 0 bridgehead atoms. The lowest BCUT2D eigenvalue weighted by Crippen LogP contribution is -2.30. The lowest BCUT2D eigenvalue weighted by Gasteiger charge is -2.20. The zero-order valence-corrected chi connectivity index (χ0v) is 13.8. The maximum Gasteiger partial charge on any atom is 0.227 e. The number of rotatable bonds is 6. The van der Waals surface area contributed by atoms with E-state index in [0.717, 1.165) is 17.0 Å². The van der Waals surface area contributed by atoms with Crippen LogP contribution in [0.15, 0.2) is 54.2 Å². The minimum atomic E-state index is 0.111. The lowest BCUT2D eigenvalue weighted by molar-refractivity contribution is -0.118. The van der Waals surface area contributed by atoms with Crippen molar-refractivity contribution in [2.45, 2.75) is 26.3 Å². The predicted octanol–water partition coefficient (Wildman–Crippen LogP) is 3.95. The summed E-state index contributed by atoms with van der Waals surface area (Å²) in [5.41, 5.74) is 3.23. The van der Waals surface area contributed by atoms with Crippen LogP contribution in [0.25, 0.3) is 0 Å². The molecular formula is C18H19N3OS. The van der Waals surface area contributed by atoms with E-state index in [1.807, 2.05) is 17.5 Å². The average molecular weight is 325 g/mol. The predicted molar refractivity (Wildman–Crippen MR) is 93.6 cm³/mol. The van der Waals surface area contributed by atoms with Gasteiger partial charge in [-0.1, -0.05) is 35.9 Å². The largest absolute Gasteiger partial charge is 0.304 e. The maximum atomic E-state index is 12.7. The maximum absolute atomic E-state index is 12.7. The number of amides is 1. The van der Waals surface area contributed by atoms with Crippen molar-refractivity contribution in [3.05, 3.63) is 70.2 Å². The Balaban J connectivity index is 1.68. The van der Waals surface area contributed by atoms with Crippen molar-refractivity contribution in [2.75, 3.05) is 4.90 Å². The number of H-pyrrole nitrogens is 1. The number of aryl methyl sites for hydroxylation is 2. The van der Waals surface area contributed by atoms with Gasteiger partial charge in [-0.2, -0.15) is 5.10 Å². The molecule has 5 heteroatoms. The monoisotopic (exact) mass is 325 g/mol. The van der Waals surface area contributed by atoms with E-state index in [2.05, 4.69) is 41.4 Å². The minimum absolute atomic E-state index is 0.111. The molecule has 1 N–H and O–H groups in total. The number of aromatic nitrogens is 2. The van der Waals surface area contributed by atoms with Gasteiger partial charge in [0, 0.05) is 17.5 Å². The molecule has 23 heavy (non-hydrogen) atoms. The minimum Gasteiger partial charge on any atom is -0.304 e. The summed E-state index contributed by atoms with van der Waals surface area (Å²) in [4.78, 5) is 15.7. The summed E-state index contributed by atoms with van der Waals surface area (Å²) in [5, 5.41) is 8.78. The van der Waals surface area contributed by atoms with Crippen LogP contribution in [0.5, 0.6) is 0 Å². The van der Waals surface area contributed by atoms with Crippen molar-refractivity contribution in [1.82, 2.24) is 10.2 Å². The second kappa shape index (κ2) is 7.24. The Bertz CT molecular complexity index is 733. The molecule has 3 rings (SSSR count). The molecule has 0 aliphatic rings. The number of carbonyl (C=O) groups is 1. The van der Waals surface area contributed by atoms with Gasteiger partial charge in [-0.25, -0.2) is 0 Å². The molecule has 0 saturated carbocycles. The Labute approximate surface area is 139 Å². The molecule has 0 spiro atoms. The van der Waals surface area contributed by atoms with E-state index in [4.69, 9.17) is 0 Å². The fraction of sp³-hybridized carbons (Fsp3) is 0.222. The average Bonchev–Trinajstić information content (AvgIpc) is 3.25. The topological polar surface area (TPSA) is 49.0 Å². The van der Waals surface area contributed by atoms with Gasteiger partial charge in [0.2, 0.25) is 5.91 Å². The van der Waals surface area contributed by atoms with Gasteiger partial charge >= 0.3 is 0 Å². The van der Waals surface area contributed by atoms with Gasteiger partial charge in [0.05, 0.1) is 18.4 Å². The Morgan fingerprint density at radius 3 is 2.74 bits per heavy atom. The molecule has 0 aliphatic heterocycles. The Kier molecular flexibility index (Phi) is 4.88. The van der Waals surface area contributed by atoms with Gasteiger partial charge in [-0.15, -0.1) is 11.3 Å². The van der Waals surface area contributed by atoms with Crippen molar-refractivity contribution in [3.63, 3.8) is 0 Å². The highest BCUT2D eigenvalue weighted by Crippen LogP contribution is 2.20. The van der Waals surface area contributed by atoms with Gasteiger partial charge in [0.15, 0.2) is 0 Å². The number of nitrogens with zero attached hydrogens (tertiary/aromatic N) is 2. The summed E-state index contributed by atoms with van der Waals surface area (Å²) in [6.45, 7) is 2.65. The number of benzene rings is 1. The SMILES string of the molecule is Cc1ccc(CCC(=O)N(Cc2cccs2)c2cn[nH]c2)cc1. The Hall–Kier alpha value is -2.40. The molecule has 2 heterocycles. The molecule has 4 nitrogen and oxygen atoms in total. The normalized spacial score (nSPS) is 10.7. The van der Waals surface area contributed by atoms with Crippen LogP contribution in [0.4, 0.5) is 5.69 Å². The van der Waals surface area contributed by atoms with Gasteiger partial charge in [-0.05, 0) is 30.4 Å². The number of aromatic amines is 1. The number of hydrogen-bond donors (Lipinski definition) is 1. The highest BCUT2D eigenvalue weighted by atomic mass is 32.1. The fourth-order valence-electron chi connectivity index (χ4n) is 2.41. The molecular weight excluding hydrogens is 306 g/mol. The highest BCUT2D eigenvalue weighted by molar-refractivity contribution is 7.09. The Morgan fingerprint density at radius 1 is 1.26 bits per heavy atom. The third-order valence-electron chi connectivity index (χ3n) is 3.74. The molecule has 3 aromatic rings. The number of carbonyl (C=O) groups excluding carboxylic acids is 1. The summed E-state index contributed by atoms with van der Waals surface area (Å²) >= 11 is 1.66. The van der Waals surface area contributed by atoms with Crippen molar-refractivity contribution < 1.29 is 4.79 Å². The van der Waals surface area contributed by atoms with E-state index in [0.29, 0.717) is 13.0 Å². The molecule has 0 atom stereocenters. The number of nitrogens with one attached hydrogen (secondary N) is 1. The fourth-order valence-corrected chi connectivity index (χ4v) is 3.11. The molecule has 0 saturated heterocycles. The van der Waals surface area contributed by atoms with E-state index in [-0.39, 0.29) is 5.91 Å². The first-order valence-corrected chi connectivity index (χ1v) is 8.47. The standard InChI is InChI=1S/C18H19N3OS/c1-14-4-6-15(7-5-14)8-9-18(22)21(16-11-19-20-12-16)13-17-3-2-10-23-17/h2-7,10-12H,8-9,13H2,1H3,(H,19,20). The highest BCUT2D eigenvalue weighted by Gasteiger charge is 2.17. The van der Waals surface area contributed by atoms with Gasteiger partial charge in [0.25, 0.3) is 0 Å². The molecule has 0 aliphatic carbocycles. The van der Waals surface area contributed by atoms with Gasteiger partial charge in [-0.3, -0.25) is 9.89 Å². The quantitative estimate of drug-likeness (QED) is 0.746. The van der Waals surface area contributed by atoms with E-state index in [1.165, 1.54) is 11.1 Å². The molecule has 1 aromatic carbocycles. The third-order valence-corrected chi connectivity index (χ3v) is 4.60. The summed E-state index contributed by atoms with van der Waals surface area (Å²) in [6, 6.07) is 12.4. The van der Waals surface area contributed by atoms with E-state index in [9.17, 15) is 4.79 Å². The number of hydrogen-bond acceptors (Lipinski definition) is 3. The number of thiophene rings is 1. The van der Waals surface area contributed by atoms with Crippen molar-refractivity contribution in [2.24, 2.45) is 0 Å². The molecule has 1 amide bonds. The van der Waals surface area contributed by atoms with Crippen LogP contribution >= 0.6 is 11.3 Å². The van der Waals surface area contributed by atoms with Crippen LogP contribution < -0.4 is 4.90 Å². The van der Waals surface area contributed by atoms with Gasteiger partial charge < -0.3 is 4.90 Å². The zero-order valence-electron chi connectivity index (χ0n) is 13.0. The molecule has 2 aromatic heterocycles. The first-order valence-electron chi connectivity index (χ1n) is 7.59. The lowest BCUT2D eigenvalue weighted by atomic mass is 10.1. The first kappa shape index (κ1) is 15.5. The van der Waals surface area contributed by atoms with Crippen LogP contribution in [0.1, 0.15) is 22.4 Å². The Morgan fingerprint density at radius 2 is 2.09 bits per heavy atom. The summed E-state index contributed by atoms with van der Waals surface area (Å²) < 4.78 is 0. The van der Waals surface area contributed by atoms with Crippen LogP contribution in [0.3, 0.4) is 0 Å². The molecule has 0 fully saturated rings. The van der Waals surface area contributed by atoms with Crippen LogP contribution in [0.2, 0.25) is 0 Å². The van der Waals surface area contributed by atoms with Crippen molar-refractivity contribution in [3.8, 4) is 0 Å².